The molecule has 0 aromatic rings. The third-order valence-corrected chi connectivity index (χ3v) is 5.05. The molecule has 3 atom stereocenters. The van der Waals surface area contributed by atoms with Crippen LogP contribution in [0, 0.1) is 29.1 Å². The molecule has 104 valence electrons. The van der Waals surface area contributed by atoms with Crippen molar-refractivity contribution in [3.63, 3.8) is 0 Å². The number of esters is 1. The highest BCUT2D eigenvalue weighted by Crippen LogP contribution is 2.64. The minimum Gasteiger partial charge on any atom is -0.469 e. The fourth-order valence-electron chi connectivity index (χ4n) is 3.55. The topological polar surface area (TPSA) is 55.8 Å². The number of fused-ring (bicyclic) bond motifs is 1. The smallest absolute Gasteiger partial charge is 0.309 e. The van der Waals surface area contributed by atoms with E-state index in [4.69, 9.17) is 9.47 Å². The van der Waals surface area contributed by atoms with E-state index in [9.17, 15) is 9.90 Å². The lowest BCUT2D eigenvalue weighted by atomic mass is 9.43. The molecule has 1 aliphatic heterocycles. The lowest BCUT2D eigenvalue weighted by molar-refractivity contribution is -0.170. The van der Waals surface area contributed by atoms with Gasteiger partial charge in [0.2, 0.25) is 0 Å². The average Bonchev–Trinajstić information content (AvgIpc) is 2.40. The van der Waals surface area contributed by atoms with E-state index in [2.05, 4.69) is 11.8 Å². The van der Waals surface area contributed by atoms with Crippen molar-refractivity contribution in [2.24, 2.45) is 17.3 Å². The highest BCUT2D eigenvalue weighted by Gasteiger charge is 2.62. The van der Waals surface area contributed by atoms with Crippen molar-refractivity contribution in [1.29, 1.82) is 0 Å². The summed E-state index contributed by atoms with van der Waals surface area (Å²) in [6.07, 6.45) is 4.06. The molecule has 1 heterocycles. The van der Waals surface area contributed by atoms with Crippen LogP contribution in [0.25, 0.3) is 0 Å². The molecule has 3 aliphatic rings. The molecule has 3 fully saturated rings. The van der Waals surface area contributed by atoms with Crippen molar-refractivity contribution in [1.82, 2.24) is 0 Å². The van der Waals surface area contributed by atoms with Crippen LogP contribution < -0.4 is 0 Å². The van der Waals surface area contributed by atoms with Crippen LogP contribution in [-0.2, 0) is 14.3 Å². The Morgan fingerprint density at radius 1 is 1.32 bits per heavy atom. The van der Waals surface area contributed by atoms with Crippen LogP contribution in [-0.4, -0.2) is 37.0 Å². The zero-order valence-corrected chi connectivity index (χ0v) is 11.3. The monoisotopic (exact) mass is 264 g/mol. The largest absolute Gasteiger partial charge is 0.469 e. The minimum atomic E-state index is -0.885. The van der Waals surface area contributed by atoms with E-state index in [1.165, 1.54) is 7.11 Å². The van der Waals surface area contributed by atoms with Gasteiger partial charge >= 0.3 is 5.97 Å². The van der Waals surface area contributed by atoms with E-state index in [1.54, 1.807) is 0 Å². The second-order valence-corrected chi connectivity index (χ2v) is 6.03. The first-order chi connectivity index (χ1) is 9.09. The number of hydrogen-bond donors (Lipinski definition) is 1. The first kappa shape index (κ1) is 13.0. The highest BCUT2D eigenvalue weighted by atomic mass is 16.5. The van der Waals surface area contributed by atoms with Crippen molar-refractivity contribution in [3.8, 4) is 11.8 Å². The number of aliphatic hydroxyl groups is 1. The zero-order chi connectivity index (χ0) is 13.5. The van der Waals surface area contributed by atoms with Gasteiger partial charge in [-0.05, 0) is 25.2 Å². The predicted molar refractivity (Wildman–Crippen MR) is 68.1 cm³/mol. The third kappa shape index (κ3) is 2.05. The van der Waals surface area contributed by atoms with Crippen LogP contribution in [0.2, 0.25) is 0 Å². The van der Waals surface area contributed by atoms with Crippen LogP contribution in [0.3, 0.4) is 0 Å². The Balaban J connectivity index is 1.67. The molecule has 0 bridgehead atoms. The number of hydrogen-bond acceptors (Lipinski definition) is 4. The summed E-state index contributed by atoms with van der Waals surface area (Å²) < 4.78 is 10.1. The molecule has 3 rings (SSSR count). The quantitative estimate of drug-likeness (QED) is 0.569. The van der Waals surface area contributed by atoms with Gasteiger partial charge in [-0.15, -0.1) is 0 Å². The number of rotatable bonds is 1. The molecule has 0 aromatic heterocycles. The van der Waals surface area contributed by atoms with Crippen molar-refractivity contribution in [2.75, 3.05) is 20.3 Å². The fraction of sp³-hybridized carbons (Fsp3) is 0.800. The molecular formula is C15H20O4. The van der Waals surface area contributed by atoms with Crippen LogP contribution in [0.1, 0.15) is 32.1 Å². The van der Waals surface area contributed by atoms with Crippen LogP contribution >= 0.6 is 0 Å². The Kier molecular flexibility index (Phi) is 3.07. The Bertz CT molecular complexity index is 441. The molecule has 0 spiro atoms. The summed E-state index contributed by atoms with van der Waals surface area (Å²) in [4.78, 5) is 11.6. The summed E-state index contributed by atoms with van der Waals surface area (Å²) in [5, 5.41) is 10.3. The van der Waals surface area contributed by atoms with Gasteiger partial charge in [-0.1, -0.05) is 11.8 Å². The molecule has 3 unspecified atom stereocenters. The lowest BCUT2D eigenvalue weighted by Gasteiger charge is -2.59. The predicted octanol–water partition coefficient (Wildman–Crippen LogP) is 1.12. The van der Waals surface area contributed by atoms with Crippen molar-refractivity contribution >= 4 is 5.97 Å². The number of carbonyl (C=O) groups excluding carboxylic acids is 1. The number of methoxy groups -OCH3 is 1. The SMILES string of the molecule is COC(=O)C1CC2(C#CC3(O)CCOCC3)CCC12. The molecule has 1 saturated heterocycles. The van der Waals surface area contributed by atoms with Gasteiger partial charge in [-0.2, -0.15) is 0 Å². The highest BCUT2D eigenvalue weighted by molar-refractivity contribution is 5.75. The van der Waals surface area contributed by atoms with E-state index < -0.39 is 5.60 Å². The summed E-state index contributed by atoms with van der Waals surface area (Å²) in [5.74, 6) is 6.62. The van der Waals surface area contributed by atoms with Gasteiger partial charge in [0.1, 0.15) is 5.60 Å². The van der Waals surface area contributed by atoms with Gasteiger partial charge < -0.3 is 14.6 Å². The number of ether oxygens (including phenoxy) is 2. The Morgan fingerprint density at radius 2 is 2.05 bits per heavy atom. The second-order valence-electron chi connectivity index (χ2n) is 6.03. The summed E-state index contributed by atoms with van der Waals surface area (Å²) in [6, 6.07) is 0. The van der Waals surface area contributed by atoms with Crippen molar-refractivity contribution in [3.05, 3.63) is 0 Å². The van der Waals surface area contributed by atoms with Gasteiger partial charge in [-0.3, -0.25) is 4.79 Å². The Labute approximate surface area is 113 Å². The molecule has 4 heteroatoms. The summed E-state index contributed by atoms with van der Waals surface area (Å²) in [6.45, 7) is 1.15. The lowest BCUT2D eigenvalue weighted by Crippen LogP contribution is -2.57. The summed E-state index contributed by atoms with van der Waals surface area (Å²) in [7, 11) is 1.44. The van der Waals surface area contributed by atoms with Gasteiger partial charge in [0, 0.05) is 18.3 Å². The molecule has 0 aromatic carbocycles. The molecule has 0 radical (unpaired) electrons. The molecule has 4 nitrogen and oxygen atoms in total. The van der Waals surface area contributed by atoms with E-state index in [1.807, 2.05) is 0 Å². The van der Waals surface area contributed by atoms with E-state index in [0.29, 0.717) is 32.0 Å². The van der Waals surface area contributed by atoms with Gasteiger partial charge in [0.15, 0.2) is 0 Å². The molecule has 0 amide bonds. The Morgan fingerprint density at radius 3 is 2.58 bits per heavy atom. The third-order valence-electron chi connectivity index (χ3n) is 5.05. The zero-order valence-electron chi connectivity index (χ0n) is 11.3. The minimum absolute atomic E-state index is 0.0209. The molecule has 2 aliphatic carbocycles. The second kappa shape index (κ2) is 4.50. The molecule has 2 saturated carbocycles. The van der Waals surface area contributed by atoms with Crippen LogP contribution in [0.5, 0.6) is 0 Å². The maximum atomic E-state index is 11.6. The van der Waals surface area contributed by atoms with Crippen molar-refractivity contribution < 1.29 is 19.4 Å². The standard InChI is InChI=1S/C15H20O4/c1-18-13(16)11-10-14(3-2-12(11)14)4-5-15(17)6-8-19-9-7-15/h11-12,17H,2-3,6-10H2,1H3. The summed E-state index contributed by atoms with van der Waals surface area (Å²) >= 11 is 0. The number of carbonyl (C=O) groups is 1. The first-order valence-corrected chi connectivity index (χ1v) is 7.01. The molecular weight excluding hydrogens is 244 g/mol. The molecule has 19 heavy (non-hydrogen) atoms. The van der Waals surface area contributed by atoms with E-state index in [-0.39, 0.29) is 17.3 Å². The van der Waals surface area contributed by atoms with Crippen LogP contribution in [0.4, 0.5) is 0 Å². The first-order valence-electron chi connectivity index (χ1n) is 7.01. The summed E-state index contributed by atoms with van der Waals surface area (Å²) in [5.41, 5.74) is -0.906. The van der Waals surface area contributed by atoms with Gasteiger partial charge in [-0.25, -0.2) is 0 Å². The fourth-order valence-corrected chi connectivity index (χ4v) is 3.55. The Hall–Kier alpha value is -1.05. The van der Waals surface area contributed by atoms with Gasteiger partial charge in [0.05, 0.1) is 26.2 Å². The normalized spacial score (nSPS) is 38.8. The molecule has 1 N–H and O–H groups in total. The van der Waals surface area contributed by atoms with Gasteiger partial charge in [0.25, 0.3) is 0 Å². The van der Waals surface area contributed by atoms with Crippen LogP contribution in [0.15, 0.2) is 0 Å². The van der Waals surface area contributed by atoms with E-state index in [0.717, 1.165) is 19.3 Å². The van der Waals surface area contributed by atoms with E-state index >= 15 is 0 Å². The average molecular weight is 264 g/mol. The maximum Gasteiger partial charge on any atom is 0.309 e. The maximum absolute atomic E-state index is 11.6. The van der Waals surface area contributed by atoms with Crippen molar-refractivity contribution in [2.45, 2.75) is 37.7 Å².